The number of aliphatic carboxylic acids is 1. The summed E-state index contributed by atoms with van der Waals surface area (Å²) in [7, 11) is 0. The summed E-state index contributed by atoms with van der Waals surface area (Å²) in [5.74, 6) is -3.53. The summed E-state index contributed by atoms with van der Waals surface area (Å²) in [4.78, 5) is 73.4. The van der Waals surface area contributed by atoms with Crippen LogP contribution in [0.4, 0.5) is 4.79 Å². The number of alkyl carbamates (subject to hydrolysis) is 1. The molecule has 16 nitrogen and oxygen atoms in total. The molecular formula is C38H45N5O11. The van der Waals surface area contributed by atoms with E-state index < -0.39 is 54.8 Å². The lowest BCUT2D eigenvalue weighted by Crippen LogP contribution is -2.52. The van der Waals surface area contributed by atoms with E-state index in [0.717, 1.165) is 27.8 Å². The maximum atomic E-state index is 13.0. The third kappa shape index (κ3) is 13.9. The lowest BCUT2D eigenvalue weighted by molar-refractivity contribution is -0.138. The quantitative estimate of drug-likeness (QED) is 0.0596. The zero-order chi connectivity index (χ0) is 38.5. The molecule has 3 aromatic carbocycles. The van der Waals surface area contributed by atoms with Gasteiger partial charge in [-0.3, -0.25) is 24.0 Å². The molecule has 0 aromatic heterocycles. The van der Waals surface area contributed by atoms with Crippen molar-refractivity contribution in [3.05, 3.63) is 95.6 Å². The minimum Gasteiger partial charge on any atom is -0.481 e. The summed E-state index contributed by atoms with van der Waals surface area (Å²) in [5, 5.41) is 20.9. The van der Waals surface area contributed by atoms with Crippen molar-refractivity contribution in [2.24, 2.45) is 0 Å². The van der Waals surface area contributed by atoms with Crippen LogP contribution in [-0.4, -0.2) is 113 Å². The van der Waals surface area contributed by atoms with Crippen molar-refractivity contribution >= 4 is 35.7 Å². The highest BCUT2D eigenvalue weighted by atomic mass is 16.6. The maximum Gasteiger partial charge on any atom is 0.407 e. The summed E-state index contributed by atoms with van der Waals surface area (Å²) in [6.45, 7) is -0.334. The van der Waals surface area contributed by atoms with Gasteiger partial charge in [-0.15, -0.1) is 0 Å². The standard InChI is InChI=1S/C38H45N5O11/c44-33(22-41-38(50)54-24-31-29-12-6-4-10-27(29)28-11-5-7-13-30(28)31)39-23-35(46)43-32(20-26-8-2-1-3-9-26)37(49)40-21-34(45)42-25-53-19-18-52-17-16-51-15-14-36(47)48/h1-13,31-32H,14-25H2,(H,39,44)(H,40,49)(H,41,50)(H,42,45)(H,43,46)(H,47,48)/t32-/m0/s1. The molecule has 0 unspecified atom stereocenters. The van der Waals surface area contributed by atoms with E-state index in [1.807, 2.05) is 48.5 Å². The fraction of sp³-hybridized carbons (Fsp3) is 0.368. The molecule has 1 atom stereocenters. The van der Waals surface area contributed by atoms with Crippen LogP contribution in [0.3, 0.4) is 0 Å². The number of amides is 5. The van der Waals surface area contributed by atoms with Crippen LogP contribution in [0.1, 0.15) is 29.0 Å². The average molecular weight is 748 g/mol. The van der Waals surface area contributed by atoms with Crippen molar-refractivity contribution in [1.82, 2.24) is 26.6 Å². The van der Waals surface area contributed by atoms with E-state index >= 15 is 0 Å². The van der Waals surface area contributed by atoms with Gasteiger partial charge in [0.15, 0.2) is 0 Å². The van der Waals surface area contributed by atoms with Crippen molar-refractivity contribution < 1.29 is 52.8 Å². The number of carboxylic acids is 1. The second-order valence-electron chi connectivity index (χ2n) is 12.0. The number of carbonyl (C=O) groups is 6. The van der Waals surface area contributed by atoms with E-state index in [1.165, 1.54) is 0 Å². The van der Waals surface area contributed by atoms with Crippen molar-refractivity contribution in [1.29, 1.82) is 0 Å². The number of carbonyl (C=O) groups excluding carboxylic acids is 5. The average Bonchev–Trinajstić information content (AvgIpc) is 3.50. The molecular weight excluding hydrogens is 702 g/mol. The van der Waals surface area contributed by atoms with Crippen LogP contribution in [0.2, 0.25) is 0 Å². The number of hydrogen-bond donors (Lipinski definition) is 6. The Hall–Kier alpha value is -5.84. The van der Waals surface area contributed by atoms with Gasteiger partial charge in [0.2, 0.25) is 23.6 Å². The third-order valence-corrected chi connectivity index (χ3v) is 8.12. The molecule has 5 amide bonds. The van der Waals surface area contributed by atoms with Crippen LogP contribution in [0, 0.1) is 0 Å². The molecule has 4 rings (SSSR count). The number of rotatable bonds is 23. The molecule has 54 heavy (non-hydrogen) atoms. The SMILES string of the molecule is O=C(O)CCOCCOCCOCNC(=O)CNC(=O)[C@H](Cc1ccccc1)NC(=O)CNC(=O)CNC(=O)OCC1c2ccccc2-c2ccccc21. The van der Waals surface area contributed by atoms with E-state index in [2.05, 4.69) is 26.6 Å². The molecule has 0 aliphatic heterocycles. The van der Waals surface area contributed by atoms with Gasteiger partial charge in [-0.2, -0.15) is 0 Å². The second kappa shape index (κ2) is 22.3. The predicted molar refractivity (Wildman–Crippen MR) is 194 cm³/mol. The highest BCUT2D eigenvalue weighted by Gasteiger charge is 2.29. The number of hydrogen-bond acceptors (Lipinski definition) is 10. The fourth-order valence-corrected chi connectivity index (χ4v) is 5.50. The molecule has 6 N–H and O–H groups in total. The molecule has 0 fully saturated rings. The van der Waals surface area contributed by atoms with Gasteiger partial charge in [0.1, 0.15) is 25.9 Å². The first kappa shape index (κ1) is 40.9. The molecule has 288 valence electrons. The molecule has 0 radical (unpaired) electrons. The fourth-order valence-electron chi connectivity index (χ4n) is 5.50. The molecule has 0 saturated heterocycles. The highest BCUT2D eigenvalue weighted by molar-refractivity contribution is 5.92. The first-order valence-electron chi connectivity index (χ1n) is 17.4. The Morgan fingerprint density at radius 3 is 1.83 bits per heavy atom. The van der Waals surface area contributed by atoms with Gasteiger partial charge in [0.05, 0.1) is 52.5 Å². The zero-order valence-electron chi connectivity index (χ0n) is 29.7. The van der Waals surface area contributed by atoms with Gasteiger partial charge in [-0.1, -0.05) is 78.9 Å². The van der Waals surface area contributed by atoms with Gasteiger partial charge in [0, 0.05) is 12.3 Å². The van der Waals surface area contributed by atoms with Crippen LogP contribution in [-0.2, 0) is 49.3 Å². The van der Waals surface area contributed by atoms with E-state index in [0.29, 0.717) is 0 Å². The Kier molecular flexibility index (Phi) is 16.9. The lowest BCUT2D eigenvalue weighted by atomic mass is 9.98. The Morgan fingerprint density at radius 1 is 0.611 bits per heavy atom. The Bertz CT molecular complexity index is 1680. The van der Waals surface area contributed by atoms with E-state index in [9.17, 15) is 28.8 Å². The molecule has 0 spiro atoms. The number of fused-ring (bicyclic) bond motifs is 3. The second-order valence-corrected chi connectivity index (χ2v) is 12.0. The molecule has 0 bridgehead atoms. The molecule has 3 aromatic rings. The Labute approximate surface area is 312 Å². The topological polar surface area (TPSA) is 220 Å². The first-order chi connectivity index (χ1) is 26.2. The van der Waals surface area contributed by atoms with Gasteiger partial charge in [0.25, 0.3) is 0 Å². The summed E-state index contributed by atoms with van der Waals surface area (Å²) in [5.41, 5.74) is 5.04. The van der Waals surface area contributed by atoms with Crippen LogP contribution < -0.4 is 26.6 Å². The smallest absolute Gasteiger partial charge is 0.407 e. The summed E-state index contributed by atoms with van der Waals surface area (Å²) in [6, 6.07) is 23.7. The van der Waals surface area contributed by atoms with Gasteiger partial charge < -0.3 is 50.6 Å². The van der Waals surface area contributed by atoms with E-state index in [4.69, 9.17) is 24.1 Å². The number of carboxylic acid groups (broad SMARTS) is 1. The molecule has 1 aliphatic carbocycles. The van der Waals surface area contributed by atoms with Crippen LogP contribution in [0.15, 0.2) is 78.9 Å². The molecule has 0 saturated carbocycles. The van der Waals surface area contributed by atoms with Gasteiger partial charge >= 0.3 is 12.1 Å². The molecule has 0 heterocycles. The van der Waals surface area contributed by atoms with Crippen molar-refractivity contribution in [2.75, 3.05) is 66.0 Å². The maximum absolute atomic E-state index is 13.0. The van der Waals surface area contributed by atoms with Crippen molar-refractivity contribution in [3.63, 3.8) is 0 Å². The van der Waals surface area contributed by atoms with Crippen molar-refractivity contribution in [2.45, 2.75) is 24.8 Å². The number of nitrogens with one attached hydrogen (secondary N) is 5. The first-order valence-corrected chi connectivity index (χ1v) is 17.4. The lowest BCUT2D eigenvalue weighted by Gasteiger charge is -2.19. The van der Waals surface area contributed by atoms with Crippen LogP contribution in [0.25, 0.3) is 11.1 Å². The third-order valence-electron chi connectivity index (χ3n) is 8.12. The van der Waals surface area contributed by atoms with E-state index in [-0.39, 0.29) is 71.7 Å². The van der Waals surface area contributed by atoms with E-state index in [1.54, 1.807) is 30.3 Å². The zero-order valence-corrected chi connectivity index (χ0v) is 29.7. The minimum absolute atomic E-state index is 0.0804. The van der Waals surface area contributed by atoms with Gasteiger partial charge in [-0.25, -0.2) is 4.79 Å². The number of benzene rings is 3. The number of ether oxygens (including phenoxy) is 4. The Balaban J connectivity index is 1.12. The summed E-state index contributed by atoms with van der Waals surface area (Å²) in [6.07, 6.45) is -0.750. The summed E-state index contributed by atoms with van der Waals surface area (Å²) >= 11 is 0. The van der Waals surface area contributed by atoms with Crippen LogP contribution in [0.5, 0.6) is 0 Å². The van der Waals surface area contributed by atoms with Gasteiger partial charge in [-0.05, 0) is 27.8 Å². The van der Waals surface area contributed by atoms with Crippen molar-refractivity contribution in [3.8, 4) is 11.1 Å². The normalized spacial score (nSPS) is 12.1. The monoisotopic (exact) mass is 747 g/mol. The molecule has 1 aliphatic rings. The summed E-state index contributed by atoms with van der Waals surface area (Å²) < 4.78 is 21.1. The minimum atomic E-state index is -1.06. The highest BCUT2D eigenvalue weighted by Crippen LogP contribution is 2.44. The Morgan fingerprint density at radius 2 is 1.17 bits per heavy atom. The largest absolute Gasteiger partial charge is 0.481 e. The van der Waals surface area contributed by atoms with Crippen LogP contribution >= 0.6 is 0 Å². The molecule has 16 heteroatoms. The predicted octanol–water partition coefficient (Wildman–Crippen LogP) is 1.08.